The van der Waals surface area contributed by atoms with E-state index in [1.807, 2.05) is 10.9 Å². The fourth-order valence-corrected chi connectivity index (χ4v) is 2.46. The molecule has 1 fully saturated rings. The zero-order chi connectivity index (χ0) is 10.8. The SMILES string of the molecule is CC(C)Cc1cnn(C)c1C1CCCN1. The summed E-state index contributed by atoms with van der Waals surface area (Å²) in [6.07, 6.45) is 5.72. The fraction of sp³-hybridized carbons (Fsp3) is 0.750. The maximum atomic E-state index is 4.39. The maximum absolute atomic E-state index is 4.39. The van der Waals surface area contributed by atoms with Crippen molar-refractivity contribution in [2.75, 3.05) is 6.54 Å². The molecule has 84 valence electrons. The van der Waals surface area contributed by atoms with Crippen LogP contribution in [0.2, 0.25) is 0 Å². The molecule has 1 aromatic rings. The Balaban J connectivity index is 2.22. The van der Waals surface area contributed by atoms with E-state index in [0.29, 0.717) is 12.0 Å². The molecular formula is C12H21N3. The number of aromatic nitrogens is 2. The first-order valence-electron chi connectivity index (χ1n) is 5.92. The van der Waals surface area contributed by atoms with Gasteiger partial charge >= 0.3 is 0 Å². The van der Waals surface area contributed by atoms with Gasteiger partial charge in [-0.3, -0.25) is 4.68 Å². The summed E-state index contributed by atoms with van der Waals surface area (Å²) in [6.45, 7) is 5.68. The summed E-state index contributed by atoms with van der Waals surface area (Å²) in [5, 5.41) is 7.94. The third-order valence-corrected chi connectivity index (χ3v) is 3.08. The lowest BCUT2D eigenvalue weighted by molar-refractivity contribution is 0.558. The Kier molecular flexibility index (Phi) is 3.10. The Hall–Kier alpha value is -0.830. The van der Waals surface area contributed by atoms with E-state index in [0.717, 1.165) is 13.0 Å². The van der Waals surface area contributed by atoms with Crippen LogP contribution in [0.3, 0.4) is 0 Å². The molecule has 2 heterocycles. The molecule has 1 unspecified atom stereocenters. The molecule has 1 N–H and O–H groups in total. The Morgan fingerprint density at radius 1 is 1.60 bits per heavy atom. The molecule has 1 atom stereocenters. The minimum atomic E-state index is 0.534. The van der Waals surface area contributed by atoms with Crippen LogP contribution in [-0.4, -0.2) is 16.3 Å². The van der Waals surface area contributed by atoms with Crippen molar-refractivity contribution in [3.63, 3.8) is 0 Å². The van der Waals surface area contributed by atoms with Crippen LogP contribution >= 0.6 is 0 Å². The number of hydrogen-bond acceptors (Lipinski definition) is 2. The van der Waals surface area contributed by atoms with Crippen molar-refractivity contribution < 1.29 is 0 Å². The number of nitrogens with one attached hydrogen (secondary N) is 1. The summed E-state index contributed by atoms with van der Waals surface area (Å²) in [7, 11) is 2.05. The topological polar surface area (TPSA) is 29.9 Å². The number of rotatable bonds is 3. The normalized spacial score (nSPS) is 21.5. The molecule has 0 aliphatic carbocycles. The van der Waals surface area contributed by atoms with Gasteiger partial charge in [0.1, 0.15) is 0 Å². The second-order valence-corrected chi connectivity index (χ2v) is 4.93. The van der Waals surface area contributed by atoms with Crippen molar-refractivity contribution in [1.29, 1.82) is 0 Å². The summed E-state index contributed by atoms with van der Waals surface area (Å²) in [6, 6.07) is 0.534. The van der Waals surface area contributed by atoms with E-state index in [2.05, 4.69) is 31.3 Å². The highest BCUT2D eigenvalue weighted by atomic mass is 15.3. The van der Waals surface area contributed by atoms with Gasteiger partial charge in [-0.25, -0.2) is 0 Å². The van der Waals surface area contributed by atoms with E-state index in [-0.39, 0.29) is 0 Å². The average molecular weight is 207 g/mol. The Morgan fingerprint density at radius 3 is 3.00 bits per heavy atom. The molecule has 0 bridgehead atoms. The highest BCUT2D eigenvalue weighted by Gasteiger charge is 2.22. The van der Waals surface area contributed by atoms with Crippen LogP contribution in [0.15, 0.2) is 6.20 Å². The van der Waals surface area contributed by atoms with Crippen LogP contribution in [0.5, 0.6) is 0 Å². The van der Waals surface area contributed by atoms with Crippen LogP contribution in [0.25, 0.3) is 0 Å². The average Bonchev–Trinajstić information content (AvgIpc) is 2.74. The van der Waals surface area contributed by atoms with Crippen LogP contribution in [-0.2, 0) is 13.5 Å². The molecule has 1 aromatic heterocycles. The zero-order valence-electron chi connectivity index (χ0n) is 9.95. The predicted octanol–water partition coefficient (Wildman–Crippen LogP) is 2.04. The second-order valence-electron chi connectivity index (χ2n) is 4.93. The molecule has 2 rings (SSSR count). The van der Waals surface area contributed by atoms with E-state index in [1.54, 1.807) is 0 Å². The summed E-state index contributed by atoms with van der Waals surface area (Å²) in [5.74, 6) is 0.703. The molecule has 0 aromatic carbocycles. The van der Waals surface area contributed by atoms with E-state index in [9.17, 15) is 0 Å². The smallest absolute Gasteiger partial charge is 0.0582 e. The highest BCUT2D eigenvalue weighted by molar-refractivity contribution is 5.22. The van der Waals surface area contributed by atoms with Gasteiger partial charge in [-0.05, 0) is 37.3 Å². The molecule has 3 heteroatoms. The van der Waals surface area contributed by atoms with Crippen molar-refractivity contribution in [3.05, 3.63) is 17.5 Å². The van der Waals surface area contributed by atoms with Gasteiger partial charge < -0.3 is 5.32 Å². The highest BCUT2D eigenvalue weighted by Crippen LogP contribution is 2.26. The Bertz CT molecular complexity index is 322. The summed E-state index contributed by atoms with van der Waals surface area (Å²) in [4.78, 5) is 0. The molecule has 0 amide bonds. The van der Waals surface area contributed by atoms with E-state index >= 15 is 0 Å². The molecular weight excluding hydrogens is 186 g/mol. The second kappa shape index (κ2) is 4.35. The lowest BCUT2D eigenvalue weighted by Crippen LogP contribution is -2.18. The van der Waals surface area contributed by atoms with Crippen molar-refractivity contribution in [2.45, 2.75) is 39.2 Å². The van der Waals surface area contributed by atoms with E-state index < -0.39 is 0 Å². The third-order valence-electron chi connectivity index (χ3n) is 3.08. The first-order chi connectivity index (χ1) is 7.18. The quantitative estimate of drug-likeness (QED) is 0.822. The van der Waals surface area contributed by atoms with Gasteiger partial charge in [0.05, 0.1) is 11.9 Å². The molecule has 1 aliphatic rings. The van der Waals surface area contributed by atoms with Crippen LogP contribution in [0, 0.1) is 5.92 Å². The molecule has 15 heavy (non-hydrogen) atoms. The monoisotopic (exact) mass is 207 g/mol. The summed E-state index contributed by atoms with van der Waals surface area (Å²) < 4.78 is 2.04. The third kappa shape index (κ3) is 2.23. The largest absolute Gasteiger partial charge is 0.309 e. The maximum Gasteiger partial charge on any atom is 0.0582 e. The van der Waals surface area contributed by atoms with E-state index in [1.165, 1.54) is 24.1 Å². The number of hydrogen-bond donors (Lipinski definition) is 1. The molecule has 0 spiro atoms. The van der Waals surface area contributed by atoms with Gasteiger partial charge in [0.15, 0.2) is 0 Å². The van der Waals surface area contributed by atoms with Gasteiger partial charge in [0.2, 0.25) is 0 Å². The standard InChI is InChI=1S/C12H21N3/c1-9(2)7-10-8-14-15(3)12(10)11-5-4-6-13-11/h8-9,11,13H,4-7H2,1-3H3. The first kappa shape index (κ1) is 10.7. The van der Waals surface area contributed by atoms with Crippen LogP contribution in [0.4, 0.5) is 0 Å². The fourth-order valence-electron chi connectivity index (χ4n) is 2.46. The van der Waals surface area contributed by atoms with Crippen molar-refractivity contribution in [1.82, 2.24) is 15.1 Å². The van der Waals surface area contributed by atoms with Crippen LogP contribution < -0.4 is 5.32 Å². The Morgan fingerprint density at radius 2 is 2.40 bits per heavy atom. The van der Waals surface area contributed by atoms with Gasteiger partial charge in [0.25, 0.3) is 0 Å². The number of nitrogens with zero attached hydrogens (tertiary/aromatic N) is 2. The molecule has 0 saturated carbocycles. The van der Waals surface area contributed by atoms with Crippen molar-refractivity contribution in [3.8, 4) is 0 Å². The minimum absolute atomic E-state index is 0.534. The Labute approximate surface area is 91.9 Å². The lowest BCUT2D eigenvalue weighted by atomic mass is 9.99. The van der Waals surface area contributed by atoms with Gasteiger partial charge in [0, 0.05) is 13.1 Å². The van der Waals surface area contributed by atoms with Crippen molar-refractivity contribution in [2.24, 2.45) is 13.0 Å². The van der Waals surface area contributed by atoms with Gasteiger partial charge in [-0.2, -0.15) is 5.10 Å². The molecule has 0 radical (unpaired) electrons. The zero-order valence-corrected chi connectivity index (χ0v) is 9.95. The predicted molar refractivity (Wildman–Crippen MR) is 61.7 cm³/mol. The first-order valence-corrected chi connectivity index (χ1v) is 5.92. The summed E-state index contributed by atoms with van der Waals surface area (Å²) in [5.41, 5.74) is 2.83. The van der Waals surface area contributed by atoms with E-state index in [4.69, 9.17) is 0 Å². The lowest BCUT2D eigenvalue weighted by Gasteiger charge is -2.14. The molecule has 1 saturated heterocycles. The van der Waals surface area contributed by atoms with Gasteiger partial charge in [-0.1, -0.05) is 13.8 Å². The summed E-state index contributed by atoms with van der Waals surface area (Å²) >= 11 is 0. The van der Waals surface area contributed by atoms with Gasteiger partial charge in [-0.15, -0.1) is 0 Å². The van der Waals surface area contributed by atoms with Crippen molar-refractivity contribution >= 4 is 0 Å². The molecule has 1 aliphatic heterocycles. The molecule has 3 nitrogen and oxygen atoms in total. The number of aryl methyl sites for hydroxylation is 1. The van der Waals surface area contributed by atoms with Crippen LogP contribution in [0.1, 0.15) is 44.0 Å². The minimum Gasteiger partial charge on any atom is -0.309 e.